The Bertz CT molecular complexity index is 1280. The van der Waals surface area contributed by atoms with Gasteiger partial charge in [-0.3, -0.25) is 14.6 Å². The van der Waals surface area contributed by atoms with E-state index in [1.54, 1.807) is 33.3 Å². The second-order valence-corrected chi connectivity index (χ2v) is 9.30. The lowest BCUT2D eigenvalue weighted by Crippen LogP contribution is -2.38. The van der Waals surface area contributed by atoms with E-state index in [1.807, 2.05) is 18.2 Å². The Kier molecular flexibility index (Phi) is 8.36. The lowest BCUT2D eigenvalue weighted by Gasteiger charge is -2.36. The molecule has 1 N–H and O–H groups in total. The number of methoxy groups -OCH3 is 4. The summed E-state index contributed by atoms with van der Waals surface area (Å²) in [5.41, 5.74) is 3.31. The number of nitrogens with zero attached hydrogens (tertiary/aromatic N) is 1. The van der Waals surface area contributed by atoms with Gasteiger partial charge in [-0.2, -0.15) is 0 Å². The van der Waals surface area contributed by atoms with Gasteiger partial charge in [0.1, 0.15) is 12.5 Å². The predicted octanol–water partition coefficient (Wildman–Crippen LogP) is 4.18. The van der Waals surface area contributed by atoms with Crippen LogP contribution in [-0.4, -0.2) is 64.2 Å². The van der Waals surface area contributed by atoms with Crippen LogP contribution in [0.2, 0.25) is 0 Å². The van der Waals surface area contributed by atoms with Gasteiger partial charge >= 0.3 is 5.97 Å². The summed E-state index contributed by atoms with van der Waals surface area (Å²) in [5, 5.41) is 10.2. The molecule has 0 spiro atoms. The Morgan fingerprint density at radius 3 is 2.29 bits per heavy atom. The molecular formula is C29H33NO8. The van der Waals surface area contributed by atoms with Crippen LogP contribution < -0.4 is 14.2 Å². The van der Waals surface area contributed by atoms with Crippen LogP contribution >= 0.6 is 0 Å². The number of hydrogen-bond donors (Lipinski definition) is 1. The highest BCUT2D eigenvalue weighted by Crippen LogP contribution is 2.48. The van der Waals surface area contributed by atoms with Crippen molar-refractivity contribution in [2.75, 3.05) is 41.7 Å². The van der Waals surface area contributed by atoms with Crippen molar-refractivity contribution in [3.63, 3.8) is 0 Å². The number of ketones is 1. The van der Waals surface area contributed by atoms with Crippen LogP contribution in [0.1, 0.15) is 42.7 Å². The molecule has 0 fully saturated rings. The van der Waals surface area contributed by atoms with Crippen molar-refractivity contribution in [1.82, 2.24) is 0 Å². The van der Waals surface area contributed by atoms with E-state index < -0.39 is 17.8 Å². The first kappa shape index (κ1) is 27.2. The number of Topliss-reactive ketones (excluding diaryl/α,β-unsaturated/α-hetero) is 1. The minimum Gasteiger partial charge on any atom is -0.504 e. The molecule has 0 saturated heterocycles. The molecule has 0 radical (unpaired) electrons. The van der Waals surface area contributed by atoms with Gasteiger partial charge in [0, 0.05) is 36.4 Å². The predicted molar refractivity (Wildman–Crippen MR) is 140 cm³/mol. The normalized spacial score (nSPS) is 20.9. The number of carbonyl (C=O) groups is 2. The number of rotatable bonds is 9. The van der Waals surface area contributed by atoms with Crippen LogP contribution in [0.25, 0.3) is 0 Å². The maximum absolute atomic E-state index is 13.8. The van der Waals surface area contributed by atoms with Gasteiger partial charge in [0.25, 0.3) is 0 Å². The zero-order chi connectivity index (χ0) is 27.4. The van der Waals surface area contributed by atoms with E-state index in [4.69, 9.17) is 28.7 Å². The summed E-state index contributed by atoms with van der Waals surface area (Å²) < 4.78 is 26.6. The highest BCUT2D eigenvalue weighted by molar-refractivity contribution is 6.09. The summed E-state index contributed by atoms with van der Waals surface area (Å²) in [4.78, 5) is 31.9. The largest absolute Gasteiger partial charge is 0.504 e. The number of phenols is 1. The first-order valence-electron chi connectivity index (χ1n) is 12.4. The van der Waals surface area contributed by atoms with Crippen molar-refractivity contribution in [2.24, 2.45) is 10.9 Å². The second kappa shape index (κ2) is 11.7. The number of benzene rings is 2. The van der Waals surface area contributed by atoms with E-state index >= 15 is 0 Å². The van der Waals surface area contributed by atoms with Crippen molar-refractivity contribution in [1.29, 1.82) is 0 Å². The fourth-order valence-electron chi connectivity index (χ4n) is 5.27. The molecule has 0 saturated carbocycles. The third-order valence-corrected chi connectivity index (χ3v) is 7.12. The van der Waals surface area contributed by atoms with Crippen LogP contribution in [0, 0.1) is 5.92 Å². The molecule has 0 amide bonds. The molecule has 1 aliphatic carbocycles. The number of aromatic hydroxyl groups is 1. The van der Waals surface area contributed by atoms with E-state index in [0.717, 1.165) is 5.56 Å². The number of carbonyl (C=O) groups excluding carboxylic acids is 2. The van der Waals surface area contributed by atoms with Crippen LogP contribution in [-0.2, 0) is 19.1 Å². The molecule has 9 heteroatoms. The molecule has 1 heterocycles. The number of aliphatic imine (C=N–C) groups is 1. The fraction of sp³-hybridized carbons (Fsp3) is 0.414. The van der Waals surface area contributed by atoms with Gasteiger partial charge in [0.2, 0.25) is 0 Å². The summed E-state index contributed by atoms with van der Waals surface area (Å²) in [6, 6.07) is 10.5. The molecule has 0 bridgehead atoms. The van der Waals surface area contributed by atoms with Gasteiger partial charge in [0.05, 0.1) is 27.9 Å². The Hall–Kier alpha value is -3.85. The quantitative estimate of drug-likeness (QED) is 0.385. The van der Waals surface area contributed by atoms with E-state index in [2.05, 4.69) is 0 Å². The molecule has 3 atom stereocenters. The third-order valence-electron chi connectivity index (χ3n) is 7.12. The van der Waals surface area contributed by atoms with Crippen molar-refractivity contribution in [3.8, 4) is 23.0 Å². The first-order chi connectivity index (χ1) is 18.3. The number of ether oxygens (including phenoxy) is 5. The summed E-state index contributed by atoms with van der Waals surface area (Å²) in [6.07, 6.45) is 0.769. The van der Waals surface area contributed by atoms with Crippen LogP contribution in [0.15, 0.2) is 52.7 Å². The van der Waals surface area contributed by atoms with Crippen molar-refractivity contribution >= 4 is 17.5 Å². The molecule has 1 aliphatic heterocycles. The lowest BCUT2D eigenvalue weighted by molar-refractivity contribution is -0.147. The highest BCUT2D eigenvalue weighted by atomic mass is 16.6. The van der Waals surface area contributed by atoms with Crippen LogP contribution in [0.5, 0.6) is 23.0 Å². The number of esters is 1. The van der Waals surface area contributed by atoms with E-state index in [9.17, 15) is 14.7 Å². The van der Waals surface area contributed by atoms with Gasteiger partial charge in [-0.15, -0.1) is 0 Å². The third kappa shape index (κ3) is 5.24. The van der Waals surface area contributed by atoms with Crippen molar-refractivity contribution < 1.29 is 38.4 Å². The van der Waals surface area contributed by atoms with Crippen molar-refractivity contribution in [2.45, 2.75) is 31.6 Å². The maximum atomic E-state index is 13.8. The second-order valence-electron chi connectivity index (χ2n) is 9.30. The molecule has 2 aromatic rings. The van der Waals surface area contributed by atoms with E-state index in [0.29, 0.717) is 40.5 Å². The molecule has 202 valence electrons. The Morgan fingerprint density at radius 2 is 1.61 bits per heavy atom. The monoisotopic (exact) mass is 523 g/mol. The Morgan fingerprint density at radius 1 is 0.921 bits per heavy atom. The average molecular weight is 524 g/mol. The minimum absolute atomic E-state index is 0.0330. The number of phenolic OH excluding ortho intramolecular Hbond substituents is 1. The smallest absolute Gasteiger partial charge is 0.315 e. The summed E-state index contributed by atoms with van der Waals surface area (Å²) >= 11 is 0. The fourth-order valence-corrected chi connectivity index (χ4v) is 5.27. The minimum atomic E-state index is -0.804. The van der Waals surface area contributed by atoms with Crippen molar-refractivity contribution in [3.05, 3.63) is 58.8 Å². The topological polar surface area (TPSA) is 113 Å². The van der Waals surface area contributed by atoms with E-state index in [1.165, 1.54) is 20.3 Å². The Balaban J connectivity index is 1.77. The van der Waals surface area contributed by atoms with Gasteiger partial charge in [0.15, 0.2) is 28.8 Å². The zero-order valence-corrected chi connectivity index (χ0v) is 22.3. The SMILES string of the molecule is COCCOC(=O)C1C(C)=NC2=C(C(=O)C[C@H](c3ccc(OC)c(OC)c3)C2)[C@H]1c1ccc(O)c(OC)c1. The molecule has 2 aromatic carbocycles. The van der Waals surface area contributed by atoms with Gasteiger partial charge in [-0.1, -0.05) is 12.1 Å². The molecule has 9 nitrogen and oxygen atoms in total. The molecule has 2 aliphatic rings. The lowest BCUT2D eigenvalue weighted by atomic mass is 9.69. The Labute approximate surface area is 222 Å². The molecule has 38 heavy (non-hydrogen) atoms. The van der Waals surface area contributed by atoms with Gasteiger partial charge in [-0.05, 0) is 54.7 Å². The summed E-state index contributed by atoms with van der Waals surface area (Å²) in [6.45, 7) is 2.12. The van der Waals surface area contributed by atoms with E-state index in [-0.39, 0.29) is 42.8 Å². The van der Waals surface area contributed by atoms with Crippen LogP contribution in [0.4, 0.5) is 0 Å². The summed E-state index contributed by atoms with van der Waals surface area (Å²) in [7, 11) is 6.13. The first-order valence-corrected chi connectivity index (χ1v) is 12.4. The molecular weight excluding hydrogens is 490 g/mol. The highest BCUT2D eigenvalue weighted by Gasteiger charge is 2.45. The van der Waals surface area contributed by atoms with Gasteiger partial charge in [-0.25, -0.2) is 0 Å². The number of allylic oxidation sites excluding steroid dienone is 2. The maximum Gasteiger partial charge on any atom is 0.315 e. The summed E-state index contributed by atoms with van der Waals surface area (Å²) in [5.74, 6) is -0.701. The molecule has 0 aromatic heterocycles. The average Bonchev–Trinajstić information content (AvgIpc) is 2.92. The molecule has 4 rings (SSSR count). The zero-order valence-electron chi connectivity index (χ0n) is 22.3. The molecule has 1 unspecified atom stereocenters. The van der Waals surface area contributed by atoms with Crippen LogP contribution in [0.3, 0.4) is 0 Å². The van der Waals surface area contributed by atoms with Gasteiger partial charge < -0.3 is 28.8 Å². The number of hydrogen-bond acceptors (Lipinski definition) is 9. The standard InChI is InChI=1S/C29H33NO8/c1-16-26(29(33)38-11-10-34-2)27(18-6-8-21(31)24(15-18)36-4)28-20(30-16)12-19(13-22(28)32)17-7-9-23(35-3)25(14-17)37-5/h6-9,14-15,19,26-27,31H,10-13H2,1-5H3/t19-,26?,27+/m1/s1.